The highest BCUT2D eigenvalue weighted by Gasteiger charge is 2.48. The third-order valence-corrected chi connectivity index (χ3v) is 5.17. The van der Waals surface area contributed by atoms with E-state index in [0.717, 1.165) is 0 Å². The van der Waals surface area contributed by atoms with Gasteiger partial charge in [0, 0.05) is 43.0 Å². The lowest BCUT2D eigenvalue weighted by atomic mass is 9.87. The maximum absolute atomic E-state index is 14.2. The summed E-state index contributed by atoms with van der Waals surface area (Å²) in [5.41, 5.74) is -1.40. The molecule has 0 saturated carbocycles. The molecule has 2 atom stereocenters. The Bertz CT molecular complexity index is 1020. The van der Waals surface area contributed by atoms with Crippen LogP contribution in [0.2, 0.25) is 0 Å². The normalized spacial score (nSPS) is 20.8. The van der Waals surface area contributed by atoms with Crippen molar-refractivity contribution in [1.82, 2.24) is 9.97 Å². The lowest BCUT2D eigenvalue weighted by Gasteiger charge is -2.42. The monoisotopic (exact) mass is 439 g/mol. The molecule has 3 rings (SSSR count). The van der Waals surface area contributed by atoms with Gasteiger partial charge >= 0.3 is 6.18 Å². The van der Waals surface area contributed by atoms with Crippen LogP contribution in [0.4, 0.5) is 33.5 Å². The molecule has 1 saturated heterocycles. The number of nitrogens with zero attached hydrogens (tertiary/aromatic N) is 4. The van der Waals surface area contributed by atoms with Gasteiger partial charge in [-0.2, -0.15) is 18.4 Å². The van der Waals surface area contributed by atoms with E-state index < -0.39 is 41.0 Å². The van der Waals surface area contributed by atoms with E-state index in [9.17, 15) is 26.7 Å². The Balaban J connectivity index is 2.00. The summed E-state index contributed by atoms with van der Waals surface area (Å²) < 4.78 is 68.1. The standard InChI is InChI=1S/C20H18F5N5O/c1-11-9-30(10-12(2)19(11,21)22)17-16(5-13(8-28-17)20(23,24)25)18(31)29-14-3-4-27-15(6-14)7-26/h3-6,8,11-12H,9-10H2,1-2H3,(H,27,29,31)/t11-,12+. The van der Waals surface area contributed by atoms with E-state index >= 15 is 0 Å². The molecule has 1 fully saturated rings. The first-order valence-corrected chi connectivity index (χ1v) is 9.31. The third kappa shape index (κ3) is 4.57. The number of anilines is 2. The Morgan fingerprint density at radius 2 is 1.87 bits per heavy atom. The van der Waals surface area contributed by atoms with Crippen molar-refractivity contribution in [3.05, 3.63) is 47.4 Å². The minimum atomic E-state index is -4.75. The van der Waals surface area contributed by atoms with Gasteiger partial charge in [-0.1, -0.05) is 13.8 Å². The smallest absolute Gasteiger partial charge is 0.355 e. The van der Waals surface area contributed by atoms with Gasteiger partial charge < -0.3 is 10.2 Å². The van der Waals surface area contributed by atoms with E-state index in [1.54, 1.807) is 6.07 Å². The molecule has 164 valence electrons. The van der Waals surface area contributed by atoms with Gasteiger partial charge in [0.15, 0.2) is 0 Å². The van der Waals surface area contributed by atoms with Crippen LogP contribution in [-0.2, 0) is 6.18 Å². The third-order valence-electron chi connectivity index (χ3n) is 5.17. The lowest BCUT2D eigenvalue weighted by molar-refractivity contribution is -0.137. The molecule has 0 aromatic carbocycles. The molecule has 0 spiro atoms. The van der Waals surface area contributed by atoms with E-state index in [1.165, 1.54) is 37.1 Å². The van der Waals surface area contributed by atoms with Crippen molar-refractivity contribution in [3.63, 3.8) is 0 Å². The number of amides is 1. The van der Waals surface area contributed by atoms with Gasteiger partial charge in [-0.05, 0) is 18.2 Å². The highest BCUT2D eigenvalue weighted by atomic mass is 19.4. The Kier molecular flexibility index (Phi) is 5.85. The molecule has 0 bridgehead atoms. The number of hydrogen-bond donors (Lipinski definition) is 1. The van der Waals surface area contributed by atoms with Gasteiger partial charge in [-0.3, -0.25) is 4.79 Å². The van der Waals surface area contributed by atoms with Crippen LogP contribution in [0.15, 0.2) is 30.6 Å². The van der Waals surface area contributed by atoms with E-state index in [4.69, 9.17) is 5.26 Å². The summed E-state index contributed by atoms with van der Waals surface area (Å²) in [6.07, 6.45) is -2.91. The first kappa shape index (κ1) is 22.4. The van der Waals surface area contributed by atoms with Gasteiger partial charge in [0.1, 0.15) is 17.6 Å². The van der Waals surface area contributed by atoms with Crippen molar-refractivity contribution in [3.8, 4) is 6.07 Å². The second-order valence-corrected chi connectivity index (χ2v) is 7.47. The summed E-state index contributed by atoms with van der Waals surface area (Å²) in [6, 6.07) is 5.05. The van der Waals surface area contributed by atoms with E-state index in [0.29, 0.717) is 12.3 Å². The minimum Gasteiger partial charge on any atom is -0.355 e. The Hall–Kier alpha value is -3.29. The molecule has 1 N–H and O–H groups in total. The molecule has 0 unspecified atom stereocenters. The number of nitrogens with one attached hydrogen (secondary N) is 1. The Labute approximate surface area is 174 Å². The fraction of sp³-hybridized carbons (Fsp3) is 0.400. The zero-order valence-corrected chi connectivity index (χ0v) is 16.5. The molecule has 0 aliphatic carbocycles. The number of carbonyl (C=O) groups excluding carboxylic acids is 1. The number of aromatic nitrogens is 2. The molecule has 6 nitrogen and oxygen atoms in total. The number of hydrogen-bond acceptors (Lipinski definition) is 5. The Morgan fingerprint density at radius 3 is 2.45 bits per heavy atom. The molecule has 2 aromatic heterocycles. The molecular formula is C20H18F5N5O. The van der Waals surface area contributed by atoms with Gasteiger partial charge in [0.25, 0.3) is 11.8 Å². The summed E-state index contributed by atoms with van der Waals surface area (Å²) in [5.74, 6) is -6.16. The van der Waals surface area contributed by atoms with Crippen molar-refractivity contribution in [2.45, 2.75) is 25.9 Å². The molecule has 0 radical (unpaired) electrons. The average molecular weight is 439 g/mol. The summed E-state index contributed by atoms with van der Waals surface area (Å²) >= 11 is 0. The number of halogens is 5. The van der Waals surface area contributed by atoms with E-state index in [2.05, 4.69) is 15.3 Å². The zero-order chi connectivity index (χ0) is 23.0. The van der Waals surface area contributed by atoms with Crippen LogP contribution in [0.25, 0.3) is 0 Å². The molecule has 31 heavy (non-hydrogen) atoms. The van der Waals surface area contributed by atoms with Crippen molar-refractivity contribution in [1.29, 1.82) is 5.26 Å². The maximum Gasteiger partial charge on any atom is 0.417 e. The lowest BCUT2D eigenvalue weighted by Crippen LogP contribution is -2.52. The average Bonchev–Trinajstić information content (AvgIpc) is 2.71. The summed E-state index contributed by atoms with van der Waals surface area (Å²) in [6.45, 7) is 2.33. The molecule has 3 heterocycles. The van der Waals surface area contributed by atoms with Crippen LogP contribution in [0, 0.1) is 23.2 Å². The number of piperidine rings is 1. The number of nitriles is 1. The molecule has 2 aromatic rings. The van der Waals surface area contributed by atoms with Crippen molar-refractivity contribution in [2.75, 3.05) is 23.3 Å². The van der Waals surface area contributed by atoms with Gasteiger partial charge in [-0.25, -0.2) is 18.7 Å². The highest BCUT2D eigenvalue weighted by molar-refractivity contribution is 6.07. The van der Waals surface area contributed by atoms with Crippen molar-refractivity contribution < 1.29 is 26.7 Å². The first-order valence-electron chi connectivity index (χ1n) is 9.31. The van der Waals surface area contributed by atoms with E-state index in [1.807, 2.05) is 0 Å². The largest absolute Gasteiger partial charge is 0.417 e. The number of alkyl halides is 5. The number of carbonyl (C=O) groups is 1. The summed E-state index contributed by atoms with van der Waals surface area (Å²) in [5, 5.41) is 11.3. The van der Waals surface area contributed by atoms with Crippen LogP contribution in [-0.4, -0.2) is 34.9 Å². The number of rotatable bonds is 3. The zero-order valence-electron chi connectivity index (χ0n) is 16.5. The highest BCUT2D eigenvalue weighted by Crippen LogP contribution is 2.40. The SMILES string of the molecule is C[C@@H]1CN(c2ncc(C(F)(F)F)cc2C(=O)Nc2ccnc(C#N)c2)C[C@H](C)C1(F)F. The summed E-state index contributed by atoms with van der Waals surface area (Å²) in [7, 11) is 0. The van der Waals surface area contributed by atoms with Crippen molar-refractivity contribution in [2.24, 2.45) is 11.8 Å². The van der Waals surface area contributed by atoms with Crippen LogP contribution in [0.1, 0.15) is 35.5 Å². The molecule has 11 heteroatoms. The molecule has 1 amide bonds. The second kappa shape index (κ2) is 8.09. The molecule has 1 aliphatic rings. The van der Waals surface area contributed by atoms with Crippen LogP contribution < -0.4 is 10.2 Å². The predicted molar refractivity (Wildman–Crippen MR) is 102 cm³/mol. The Morgan fingerprint density at radius 1 is 1.23 bits per heavy atom. The van der Waals surface area contributed by atoms with Crippen LogP contribution in [0.3, 0.4) is 0 Å². The quantitative estimate of drug-likeness (QED) is 0.720. The molecular weight excluding hydrogens is 421 g/mol. The fourth-order valence-electron chi connectivity index (χ4n) is 3.44. The van der Waals surface area contributed by atoms with E-state index in [-0.39, 0.29) is 30.3 Å². The topological polar surface area (TPSA) is 81.9 Å². The number of pyridine rings is 2. The van der Waals surface area contributed by atoms with Crippen LogP contribution in [0.5, 0.6) is 0 Å². The van der Waals surface area contributed by atoms with Gasteiger partial charge in [0.2, 0.25) is 0 Å². The fourth-order valence-corrected chi connectivity index (χ4v) is 3.44. The first-order chi connectivity index (χ1) is 14.4. The van der Waals surface area contributed by atoms with Gasteiger partial charge in [0.05, 0.1) is 11.1 Å². The second-order valence-electron chi connectivity index (χ2n) is 7.47. The maximum atomic E-state index is 14.2. The summed E-state index contributed by atoms with van der Waals surface area (Å²) in [4.78, 5) is 21.8. The predicted octanol–water partition coefficient (Wildman–Crippen LogP) is 4.35. The van der Waals surface area contributed by atoms with Crippen molar-refractivity contribution >= 4 is 17.4 Å². The van der Waals surface area contributed by atoms with Crippen LogP contribution >= 0.6 is 0 Å². The minimum absolute atomic E-state index is 0.00102. The molecule has 1 aliphatic heterocycles. The van der Waals surface area contributed by atoms with Gasteiger partial charge in [-0.15, -0.1) is 0 Å².